The zero-order valence-electron chi connectivity index (χ0n) is 12.1. The van der Waals surface area contributed by atoms with Gasteiger partial charge in [0.15, 0.2) is 0 Å². The van der Waals surface area contributed by atoms with Crippen LogP contribution < -0.4 is 5.32 Å². The molecule has 0 spiro atoms. The van der Waals surface area contributed by atoms with Crippen molar-refractivity contribution in [3.63, 3.8) is 0 Å². The normalized spacial score (nSPS) is 13.7. The molecule has 0 fully saturated rings. The molecule has 0 bridgehead atoms. The molecular weight excluding hydrogens is 274 g/mol. The van der Waals surface area contributed by atoms with Crippen LogP contribution in [0.3, 0.4) is 0 Å². The minimum absolute atomic E-state index is 0.0741. The van der Waals surface area contributed by atoms with Crippen LogP contribution in [0.25, 0.3) is 0 Å². The van der Waals surface area contributed by atoms with E-state index in [9.17, 15) is 15.2 Å². The van der Waals surface area contributed by atoms with Crippen molar-refractivity contribution in [2.24, 2.45) is 0 Å². The molecule has 0 amide bonds. The molecule has 0 aliphatic heterocycles. The highest BCUT2D eigenvalue weighted by Gasteiger charge is 2.28. The highest BCUT2D eigenvalue weighted by molar-refractivity contribution is 5.55. The Kier molecular flexibility index (Phi) is 3.95. The maximum atomic E-state index is 10.9. The van der Waals surface area contributed by atoms with Crippen molar-refractivity contribution in [1.82, 2.24) is 4.98 Å². The molecule has 0 aliphatic carbocycles. The molecule has 112 valence electrons. The Hall–Kier alpha value is -2.41. The fourth-order valence-electron chi connectivity index (χ4n) is 2.20. The van der Waals surface area contributed by atoms with Crippen LogP contribution in [-0.2, 0) is 5.60 Å². The summed E-state index contributed by atoms with van der Waals surface area (Å²) in [5.74, 6) is 1.45. The summed E-state index contributed by atoms with van der Waals surface area (Å²) in [4.78, 5) is 14.3. The minimum atomic E-state index is -1.23. The number of rotatable bonds is 5. The zero-order chi connectivity index (χ0) is 15.6. The summed E-state index contributed by atoms with van der Waals surface area (Å²) < 4.78 is 5.40. The fraction of sp³-hybridized carbons (Fsp3) is 0.357. The molecule has 1 atom stereocenters. The lowest BCUT2D eigenvalue weighted by Gasteiger charge is -2.23. The maximum Gasteiger partial charge on any atom is 0.311 e. The summed E-state index contributed by atoms with van der Waals surface area (Å²) in [6.45, 7) is 5.25. The molecule has 2 aromatic heterocycles. The number of aliphatic hydroxyl groups is 1. The number of pyridine rings is 1. The van der Waals surface area contributed by atoms with Gasteiger partial charge in [-0.3, -0.25) is 10.1 Å². The van der Waals surface area contributed by atoms with E-state index >= 15 is 0 Å². The Labute approximate surface area is 121 Å². The Bertz CT molecular complexity index is 664. The molecule has 0 saturated heterocycles. The summed E-state index contributed by atoms with van der Waals surface area (Å²) in [7, 11) is 0. The largest absolute Gasteiger partial charge is 0.466 e. The van der Waals surface area contributed by atoms with Crippen LogP contribution >= 0.6 is 0 Å². The molecule has 2 N–H and O–H groups in total. The van der Waals surface area contributed by atoms with Crippen LogP contribution in [0, 0.1) is 24.0 Å². The molecular formula is C14H17N3O4. The Morgan fingerprint density at radius 1 is 1.52 bits per heavy atom. The SMILES string of the molecule is Cc1cc(C(C)(O)CNc2ncccc2[N+](=O)[O-])c(C)o1. The number of anilines is 1. The van der Waals surface area contributed by atoms with Crippen LogP contribution in [0.2, 0.25) is 0 Å². The lowest BCUT2D eigenvalue weighted by atomic mass is 9.96. The standard InChI is InChI=1S/C14H17N3O4/c1-9-7-11(10(2)21-9)14(3,18)8-16-13-12(17(19)20)5-4-6-15-13/h4-7,18H,8H2,1-3H3,(H,15,16). The molecule has 0 aromatic carbocycles. The third-order valence-corrected chi connectivity index (χ3v) is 3.20. The second-order valence-electron chi connectivity index (χ2n) is 5.08. The van der Waals surface area contributed by atoms with E-state index in [4.69, 9.17) is 4.42 Å². The Morgan fingerprint density at radius 3 is 2.81 bits per heavy atom. The molecule has 2 aromatic rings. The highest BCUT2D eigenvalue weighted by Crippen LogP contribution is 2.28. The van der Waals surface area contributed by atoms with Crippen LogP contribution in [0.4, 0.5) is 11.5 Å². The van der Waals surface area contributed by atoms with Gasteiger partial charge in [-0.25, -0.2) is 4.98 Å². The van der Waals surface area contributed by atoms with E-state index in [-0.39, 0.29) is 18.1 Å². The van der Waals surface area contributed by atoms with Crippen molar-refractivity contribution in [2.45, 2.75) is 26.4 Å². The predicted octanol–water partition coefficient (Wildman–Crippen LogP) is 2.52. The first kappa shape index (κ1) is 15.0. The van der Waals surface area contributed by atoms with Crippen molar-refractivity contribution in [2.75, 3.05) is 11.9 Å². The fourth-order valence-corrected chi connectivity index (χ4v) is 2.20. The van der Waals surface area contributed by atoms with E-state index in [0.717, 1.165) is 0 Å². The second kappa shape index (κ2) is 5.53. The van der Waals surface area contributed by atoms with E-state index in [1.165, 1.54) is 18.3 Å². The summed E-state index contributed by atoms with van der Waals surface area (Å²) in [5, 5.41) is 24.3. The van der Waals surface area contributed by atoms with Crippen LogP contribution in [-0.4, -0.2) is 21.6 Å². The van der Waals surface area contributed by atoms with Gasteiger partial charge < -0.3 is 14.8 Å². The summed E-state index contributed by atoms with van der Waals surface area (Å²) in [5.41, 5.74) is -0.716. The predicted molar refractivity (Wildman–Crippen MR) is 77.1 cm³/mol. The summed E-state index contributed by atoms with van der Waals surface area (Å²) >= 11 is 0. The minimum Gasteiger partial charge on any atom is -0.466 e. The van der Waals surface area contributed by atoms with Crippen molar-refractivity contribution < 1.29 is 14.4 Å². The maximum absolute atomic E-state index is 10.9. The van der Waals surface area contributed by atoms with Gasteiger partial charge in [0.2, 0.25) is 5.82 Å². The van der Waals surface area contributed by atoms with Crippen molar-refractivity contribution in [3.05, 3.63) is 51.6 Å². The molecule has 0 radical (unpaired) electrons. The molecule has 1 unspecified atom stereocenters. The van der Waals surface area contributed by atoms with Crippen molar-refractivity contribution >= 4 is 11.5 Å². The summed E-state index contributed by atoms with van der Waals surface area (Å²) in [6.07, 6.45) is 1.46. The van der Waals surface area contributed by atoms with E-state index < -0.39 is 10.5 Å². The molecule has 7 nitrogen and oxygen atoms in total. The van der Waals surface area contributed by atoms with E-state index in [0.29, 0.717) is 17.1 Å². The smallest absolute Gasteiger partial charge is 0.311 e. The van der Waals surface area contributed by atoms with E-state index in [2.05, 4.69) is 10.3 Å². The van der Waals surface area contributed by atoms with Crippen LogP contribution in [0.1, 0.15) is 24.0 Å². The van der Waals surface area contributed by atoms with Gasteiger partial charge >= 0.3 is 5.69 Å². The number of furan rings is 1. The number of nitrogens with zero attached hydrogens (tertiary/aromatic N) is 2. The first-order valence-electron chi connectivity index (χ1n) is 6.44. The van der Waals surface area contributed by atoms with E-state index in [1.54, 1.807) is 26.8 Å². The lowest BCUT2D eigenvalue weighted by molar-refractivity contribution is -0.384. The highest BCUT2D eigenvalue weighted by atomic mass is 16.6. The summed E-state index contributed by atoms with van der Waals surface area (Å²) in [6, 6.07) is 4.60. The van der Waals surface area contributed by atoms with Gasteiger partial charge in [-0.2, -0.15) is 0 Å². The molecule has 0 aliphatic rings. The lowest BCUT2D eigenvalue weighted by Crippen LogP contribution is -2.31. The third-order valence-electron chi connectivity index (χ3n) is 3.20. The van der Waals surface area contributed by atoms with Crippen LogP contribution in [0.15, 0.2) is 28.8 Å². The third kappa shape index (κ3) is 3.19. The monoisotopic (exact) mass is 291 g/mol. The number of hydrogen-bond donors (Lipinski definition) is 2. The second-order valence-corrected chi connectivity index (χ2v) is 5.08. The molecule has 2 rings (SSSR count). The molecule has 7 heteroatoms. The van der Waals surface area contributed by atoms with Crippen LogP contribution in [0.5, 0.6) is 0 Å². The number of aryl methyl sites for hydroxylation is 2. The van der Waals surface area contributed by atoms with E-state index in [1.807, 2.05) is 0 Å². The zero-order valence-corrected chi connectivity index (χ0v) is 12.1. The molecule has 2 heterocycles. The van der Waals surface area contributed by atoms with Gasteiger partial charge in [-0.05, 0) is 32.9 Å². The van der Waals surface area contributed by atoms with Gasteiger partial charge in [-0.1, -0.05) is 0 Å². The quantitative estimate of drug-likeness (QED) is 0.648. The van der Waals surface area contributed by atoms with Gasteiger partial charge in [-0.15, -0.1) is 0 Å². The number of nitro groups is 1. The average molecular weight is 291 g/mol. The van der Waals surface area contributed by atoms with Crippen molar-refractivity contribution in [3.8, 4) is 0 Å². The topological polar surface area (TPSA) is 101 Å². The number of nitrogens with one attached hydrogen (secondary N) is 1. The number of aromatic nitrogens is 1. The van der Waals surface area contributed by atoms with Gasteiger partial charge in [0.1, 0.15) is 17.1 Å². The number of hydrogen-bond acceptors (Lipinski definition) is 6. The Morgan fingerprint density at radius 2 is 2.24 bits per heavy atom. The van der Waals surface area contributed by atoms with Gasteiger partial charge in [0, 0.05) is 24.4 Å². The van der Waals surface area contributed by atoms with Gasteiger partial charge in [0.05, 0.1) is 4.92 Å². The Balaban J connectivity index is 2.19. The average Bonchev–Trinajstić information content (AvgIpc) is 2.76. The first-order valence-corrected chi connectivity index (χ1v) is 6.44. The van der Waals surface area contributed by atoms with Gasteiger partial charge in [0.25, 0.3) is 0 Å². The molecule has 0 saturated carbocycles. The first-order chi connectivity index (χ1) is 9.81. The van der Waals surface area contributed by atoms with Crippen molar-refractivity contribution in [1.29, 1.82) is 0 Å². The molecule has 21 heavy (non-hydrogen) atoms.